The van der Waals surface area contributed by atoms with Crippen LogP contribution in [0.3, 0.4) is 0 Å². The molecule has 0 saturated heterocycles. The second-order valence-electron chi connectivity index (χ2n) is 8.98. The van der Waals surface area contributed by atoms with E-state index in [2.05, 4.69) is 24.1 Å². The predicted molar refractivity (Wildman–Crippen MR) is 119 cm³/mol. The average molecular weight is 497 g/mol. The maximum atomic E-state index is 10.1. The summed E-state index contributed by atoms with van der Waals surface area (Å²) in [4.78, 5) is 22.5. The summed E-state index contributed by atoms with van der Waals surface area (Å²) in [6.07, 6.45) is -3.90. The van der Waals surface area contributed by atoms with Crippen molar-refractivity contribution in [2.24, 2.45) is 0 Å². The Kier molecular flexibility index (Phi) is 8.04. The van der Waals surface area contributed by atoms with Gasteiger partial charge in [0.15, 0.2) is 23.7 Å². The number of methoxy groups -OCH3 is 1. The van der Waals surface area contributed by atoms with Gasteiger partial charge in [-0.25, -0.2) is 9.59 Å². The van der Waals surface area contributed by atoms with Crippen LogP contribution >= 0.6 is 0 Å². The molecule has 1 aromatic carbocycles. The van der Waals surface area contributed by atoms with Crippen LogP contribution in [0.2, 0.25) is 0 Å². The largest absolute Gasteiger partial charge is 0.493 e. The molecule has 1 aromatic rings. The molecule has 12 heteroatoms. The van der Waals surface area contributed by atoms with Crippen LogP contribution in [0.15, 0.2) is 24.3 Å². The van der Waals surface area contributed by atoms with Crippen molar-refractivity contribution >= 4 is 11.9 Å². The molecular weight excluding hydrogens is 466 g/mol. The topological polar surface area (TPSA) is 197 Å². The van der Waals surface area contributed by atoms with Gasteiger partial charge in [-0.3, -0.25) is 0 Å². The molecule has 1 spiro atoms. The zero-order chi connectivity index (χ0) is 26.1. The van der Waals surface area contributed by atoms with Crippen molar-refractivity contribution in [3.05, 3.63) is 35.4 Å². The van der Waals surface area contributed by atoms with Crippen LogP contribution in [0.4, 0.5) is 0 Å². The van der Waals surface area contributed by atoms with Gasteiger partial charge in [-0.15, -0.1) is 0 Å². The Bertz CT molecular complexity index is 958. The van der Waals surface area contributed by atoms with Gasteiger partial charge in [0.2, 0.25) is 0 Å². The Morgan fingerprint density at radius 3 is 2.26 bits per heavy atom. The fraction of sp³-hybridized carbons (Fsp3) is 0.565. The maximum Gasteiger partial charge on any atom is 0.335 e. The van der Waals surface area contributed by atoms with Crippen LogP contribution in [-0.2, 0) is 21.5 Å². The summed E-state index contributed by atoms with van der Waals surface area (Å²) < 4.78 is 11.8. The van der Waals surface area contributed by atoms with Crippen LogP contribution in [0.25, 0.3) is 0 Å². The number of aliphatic carboxylic acids is 2. The molecule has 194 valence electrons. The van der Waals surface area contributed by atoms with Gasteiger partial charge in [0.1, 0.15) is 18.3 Å². The summed E-state index contributed by atoms with van der Waals surface area (Å²) in [7, 11) is 3.84. The SMILES string of the molecule is COc1ccc2c3c1O[C@H]1C[C@@H](O)C=C[C@@]31CCN(C)C2.O=C(O)C(O)C(O)C(O)C(O)C(=O)O. The number of ether oxygens (including phenoxy) is 2. The Labute approximate surface area is 201 Å². The lowest BCUT2D eigenvalue weighted by Crippen LogP contribution is -2.49. The molecule has 12 nitrogen and oxygen atoms in total. The highest BCUT2D eigenvalue weighted by atomic mass is 16.5. The summed E-state index contributed by atoms with van der Waals surface area (Å²) in [6.45, 7) is 1.96. The summed E-state index contributed by atoms with van der Waals surface area (Å²) in [6, 6.07) is 4.16. The molecule has 2 aliphatic heterocycles. The lowest BCUT2D eigenvalue weighted by molar-refractivity contribution is -0.172. The number of hydrogen-bond donors (Lipinski definition) is 7. The van der Waals surface area contributed by atoms with E-state index in [0.29, 0.717) is 6.42 Å². The third-order valence-corrected chi connectivity index (χ3v) is 6.65. The Balaban J connectivity index is 0.000000216. The van der Waals surface area contributed by atoms with Gasteiger partial charge in [0, 0.05) is 18.5 Å². The van der Waals surface area contributed by atoms with E-state index >= 15 is 0 Å². The number of carboxylic acid groups (broad SMARTS) is 2. The first kappa shape index (κ1) is 26.9. The summed E-state index contributed by atoms with van der Waals surface area (Å²) >= 11 is 0. The lowest BCUT2D eigenvalue weighted by atomic mass is 9.69. The first-order valence-corrected chi connectivity index (χ1v) is 11.0. The monoisotopic (exact) mass is 497 g/mol. The molecule has 0 bridgehead atoms. The smallest absolute Gasteiger partial charge is 0.335 e. The molecule has 35 heavy (non-hydrogen) atoms. The summed E-state index contributed by atoms with van der Waals surface area (Å²) in [5, 5.41) is 61.4. The van der Waals surface area contributed by atoms with Crippen LogP contribution < -0.4 is 9.47 Å². The fourth-order valence-corrected chi connectivity index (χ4v) is 4.74. The van der Waals surface area contributed by atoms with Crippen molar-refractivity contribution < 1.29 is 54.8 Å². The van der Waals surface area contributed by atoms with E-state index in [1.807, 2.05) is 12.1 Å². The van der Waals surface area contributed by atoms with Gasteiger partial charge in [-0.05, 0) is 31.6 Å². The van der Waals surface area contributed by atoms with E-state index in [-0.39, 0.29) is 11.5 Å². The van der Waals surface area contributed by atoms with Gasteiger partial charge in [0.05, 0.1) is 18.6 Å². The second kappa shape index (κ2) is 10.5. The Morgan fingerprint density at radius 2 is 1.71 bits per heavy atom. The van der Waals surface area contributed by atoms with Crippen molar-refractivity contribution in [1.82, 2.24) is 4.90 Å². The second-order valence-corrected chi connectivity index (χ2v) is 8.98. The number of benzene rings is 1. The molecule has 0 aromatic heterocycles. The number of aliphatic hydroxyl groups excluding tert-OH is 5. The third kappa shape index (κ3) is 5.13. The van der Waals surface area contributed by atoms with Crippen molar-refractivity contribution in [1.29, 1.82) is 0 Å². The lowest BCUT2D eigenvalue weighted by Gasteiger charge is -2.35. The quantitative estimate of drug-likeness (QED) is 0.224. The summed E-state index contributed by atoms with van der Waals surface area (Å²) in [5.41, 5.74) is 2.48. The molecule has 0 amide bonds. The van der Waals surface area contributed by atoms with E-state index in [9.17, 15) is 14.7 Å². The molecule has 7 N–H and O–H groups in total. The van der Waals surface area contributed by atoms with E-state index in [0.717, 1.165) is 31.0 Å². The Morgan fingerprint density at radius 1 is 1.11 bits per heavy atom. The number of hydrogen-bond acceptors (Lipinski definition) is 10. The van der Waals surface area contributed by atoms with Crippen LogP contribution in [0.5, 0.6) is 11.5 Å². The van der Waals surface area contributed by atoms with Gasteiger partial charge in [-0.2, -0.15) is 0 Å². The van der Waals surface area contributed by atoms with Gasteiger partial charge >= 0.3 is 11.9 Å². The standard InChI is InChI=1S/C17H21NO3.C6H10O8/c1-18-8-7-17-6-5-12(19)9-14(17)21-16-13(20-2)4-3-11(10-18)15(16)17;7-1(3(9)5(11)12)2(8)4(10)6(13)14/h3-6,12,14,19H,7-10H2,1-2H3;1-4,7-10H,(H,11,12)(H,13,14)/t12-,14-,17-;/m0./s1. The first-order valence-electron chi connectivity index (χ1n) is 11.0. The van der Waals surface area contributed by atoms with E-state index in [1.54, 1.807) is 7.11 Å². The van der Waals surface area contributed by atoms with E-state index < -0.39 is 42.5 Å². The molecular formula is C23H31NO11. The highest BCUT2D eigenvalue weighted by Gasteiger charge is 2.52. The molecule has 4 rings (SSSR count). The van der Waals surface area contributed by atoms with Gasteiger partial charge in [-0.1, -0.05) is 18.2 Å². The molecule has 0 saturated carbocycles. The maximum absolute atomic E-state index is 10.1. The van der Waals surface area contributed by atoms with Crippen LogP contribution in [-0.4, -0.2) is 110 Å². The average Bonchev–Trinajstić information content (AvgIpc) is 3.08. The van der Waals surface area contributed by atoms with Crippen molar-refractivity contribution in [2.75, 3.05) is 20.7 Å². The van der Waals surface area contributed by atoms with Crippen LogP contribution in [0, 0.1) is 0 Å². The number of carbonyl (C=O) groups is 2. The highest BCUT2D eigenvalue weighted by Crippen LogP contribution is 2.55. The third-order valence-electron chi connectivity index (χ3n) is 6.65. The first-order chi connectivity index (χ1) is 16.4. The minimum atomic E-state index is -2.36. The zero-order valence-corrected chi connectivity index (χ0v) is 19.3. The van der Waals surface area contributed by atoms with E-state index in [4.69, 9.17) is 40.1 Å². The molecule has 3 aliphatic rings. The Hall–Kier alpha value is -2.74. The minimum absolute atomic E-state index is 0.00838. The molecule has 0 fully saturated rings. The zero-order valence-electron chi connectivity index (χ0n) is 19.3. The van der Waals surface area contributed by atoms with Crippen molar-refractivity contribution in [3.8, 4) is 11.5 Å². The minimum Gasteiger partial charge on any atom is -0.493 e. The highest BCUT2D eigenvalue weighted by molar-refractivity contribution is 5.75. The number of nitrogens with zero attached hydrogens (tertiary/aromatic N) is 1. The molecule has 2 heterocycles. The molecule has 1 aliphatic carbocycles. The fourth-order valence-electron chi connectivity index (χ4n) is 4.74. The number of aliphatic hydroxyl groups is 5. The molecule has 7 atom stereocenters. The van der Waals surface area contributed by atoms with Gasteiger partial charge in [0.25, 0.3) is 0 Å². The molecule has 4 unspecified atom stereocenters. The predicted octanol–water partition coefficient (Wildman–Crippen LogP) is -1.55. The van der Waals surface area contributed by atoms with Gasteiger partial charge < -0.3 is 50.1 Å². The number of rotatable bonds is 6. The summed E-state index contributed by atoms with van der Waals surface area (Å²) in [5.74, 6) is -1.99. The molecule has 0 radical (unpaired) electrons. The van der Waals surface area contributed by atoms with Crippen molar-refractivity contribution in [3.63, 3.8) is 0 Å². The van der Waals surface area contributed by atoms with Crippen LogP contribution in [0.1, 0.15) is 24.0 Å². The van der Waals surface area contributed by atoms with E-state index in [1.165, 1.54) is 11.1 Å². The normalized spacial score (nSPS) is 28.1. The van der Waals surface area contributed by atoms with Crippen molar-refractivity contribution in [2.45, 2.75) is 61.4 Å². The number of carboxylic acids is 2.